The van der Waals surface area contributed by atoms with Gasteiger partial charge in [0.2, 0.25) is 0 Å². The molecular formula is C20H38NO3S+. The minimum absolute atomic E-state index is 0.0842. The number of hydrogen-bond donors (Lipinski definition) is 1. The summed E-state index contributed by atoms with van der Waals surface area (Å²) < 4.78 is 29.8. The van der Waals surface area contributed by atoms with Crippen LogP contribution in [0.5, 0.6) is 0 Å². The predicted molar refractivity (Wildman–Crippen MR) is 110 cm³/mol. The van der Waals surface area contributed by atoms with Crippen LogP contribution in [-0.2, 0) is 10.1 Å². The summed E-state index contributed by atoms with van der Waals surface area (Å²) in [7, 11) is -3.72. The lowest BCUT2D eigenvalue weighted by atomic mass is 10.1. The second-order valence-electron chi connectivity index (χ2n) is 6.28. The minimum atomic E-state index is -3.72. The Morgan fingerprint density at radius 2 is 1.12 bits per heavy atom. The van der Waals surface area contributed by atoms with Crippen LogP contribution in [0.25, 0.3) is 0 Å². The third kappa shape index (κ3) is 17.4. The van der Waals surface area contributed by atoms with Crippen LogP contribution >= 0.6 is 0 Å². The van der Waals surface area contributed by atoms with Gasteiger partial charge >= 0.3 is 0 Å². The van der Waals surface area contributed by atoms with E-state index in [1.165, 1.54) is 19.3 Å². The van der Waals surface area contributed by atoms with Crippen LogP contribution in [0.1, 0.15) is 45.4 Å². The number of quaternary nitrogens is 1. The fraction of sp³-hybridized carbons (Fsp3) is 0.600. The summed E-state index contributed by atoms with van der Waals surface area (Å²) in [5.41, 5.74) is 0. The molecule has 0 aromatic heterocycles. The van der Waals surface area contributed by atoms with Crippen LogP contribution in [0, 0.1) is 0 Å². The van der Waals surface area contributed by atoms with Gasteiger partial charge in [-0.3, -0.25) is 4.55 Å². The maximum absolute atomic E-state index is 10.3. The van der Waals surface area contributed by atoms with Gasteiger partial charge in [0.1, 0.15) is 0 Å². The van der Waals surface area contributed by atoms with E-state index in [-0.39, 0.29) is 5.75 Å². The van der Waals surface area contributed by atoms with Gasteiger partial charge in [0.05, 0.1) is 31.9 Å². The Morgan fingerprint density at radius 1 is 0.760 bits per heavy atom. The van der Waals surface area contributed by atoms with Crippen molar-refractivity contribution in [1.29, 1.82) is 0 Å². The standard InChI is InChI=1S/C12H20N.C8H18O3S/c1-5-9-13(10-6-2,11-7-3)12-8-4;1-2-3-4-5-6-7-8-12(9,10)11/h5-8H,1-4,9-12H2;2-8H2,1H3,(H,9,10,11)/q+1;. The largest absolute Gasteiger partial charge is 0.311 e. The highest BCUT2D eigenvalue weighted by Gasteiger charge is 2.20. The first-order valence-corrected chi connectivity index (χ1v) is 10.7. The first-order valence-electron chi connectivity index (χ1n) is 9.04. The molecule has 0 aromatic carbocycles. The Kier molecular flexibility index (Phi) is 17.0. The monoisotopic (exact) mass is 372 g/mol. The quantitative estimate of drug-likeness (QED) is 0.195. The van der Waals surface area contributed by atoms with Gasteiger partial charge in [0, 0.05) is 0 Å². The summed E-state index contributed by atoms with van der Waals surface area (Å²) in [4.78, 5) is 0. The van der Waals surface area contributed by atoms with Crippen molar-refractivity contribution in [3.05, 3.63) is 50.6 Å². The van der Waals surface area contributed by atoms with Crippen LogP contribution < -0.4 is 0 Å². The smallest absolute Gasteiger partial charge is 0.264 e. The molecule has 25 heavy (non-hydrogen) atoms. The van der Waals surface area contributed by atoms with Gasteiger partial charge in [0.15, 0.2) is 0 Å². The number of nitrogens with zero attached hydrogens (tertiary/aromatic N) is 1. The molecule has 0 saturated heterocycles. The Hall–Kier alpha value is -1.17. The van der Waals surface area contributed by atoms with E-state index in [1.807, 2.05) is 24.3 Å². The van der Waals surface area contributed by atoms with Crippen molar-refractivity contribution in [2.75, 3.05) is 31.9 Å². The molecule has 0 aromatic rings. The van der Waals surface area contributed by atoms with Gasteiger partial charge in [-0.2, -0.15) is 8.42 Å². The molecule has 0 aliphatic rings. The SMILES string of the molecule is C=CC[N+](CC=C)(CC=C)CC=C.CCCCCCCCS(=O)(=O)O. The predicted octanol–water partition coefficient (Wildman–Crippen LogP) is 4.78. The zero-order valence-corrected chi connectivity index (χ0v) is 16.9. The molecule has 0 fully saturated rings. The van der Waals surface area contributed by atoms with E-state index in [0.717, 1.165) is 43.5 Å². The summed E-state index contributed by atoms with van der Waals surface area (Å²) in [5, 5.41) is 0. The topological polar surface area (TPSA) is 54.4 Å². The molecule has 146 valence electrons. The molecule has 0 spiro atoms. The molecule has 5 heteroatoms. The molecule has 0 bridgehead atoms. The van der Waals surface area contributed by atoms with Crippen LogP contribution in [0.3, 0.4) is 0 Å². The highest BCUT2D eigenvalue weighted by atomic mass is 32.2. The first kappa shape index (κ1) is 26.1. The van der Waals surface area contributed by atoms with Gasteiger partial charge in [-0.15, -0.1) is 0 Å². The number of hydrogen-bond acceptors (Lipinski definition) is 2. The lowest BCUT2D eigenvalue weighted by Crippen LogP contribution is -2.48. The molecule has 0 saturated carbocycles. The Bertz CT molecular complexity index is 424. The van der Waals surface area contributed by atoms with Crippen LogP contribution in [0.2, 0.25) is 0 Å². The van der Waals surface area contributed by atoms with Gasteiger partial charge in [-0.25, -0.2) is 0 Å². The van der Waals surface area contributed by atoms with E-state index >= 15 is 0 Å². The third-order valence-electron chi connectivity index (χ3n) is 3.82. The van der Waals surface area contributed by atoms with Crippen molar-refractivity contribution in [2.45, 2.75) is 45.4 Å². The van der Waals surface area contributed by atoms with Gasteiger partial charge in [0.25, 0.3) is 10.1 Å². The van der Waals surface area contributed by atoms with Gasteiger partial charge in [-0.1, -0.05) is 65.3 Å². The average Bonchev–Trinajstić information content (AvgIpc) is 2.51. The van der Waals surface area contributed by atoms with E-state index in [1.54, 1.807) is 0 Å². The zero-order chi connectivity index (χ0) is 19.6. The van der Waals surface area contributed by atoms with Crippen LogP contribution in [0.4, 0.5) is 0 Å². The molecule has 0 heterocycles. The molecule has 0 radical (unpaired) electrons. The molecule has 4 nitrogen and oxygen atoms in total. The lowest BCUT2D eigenvalue weighted by Gasteiger charge is -2.35. The molecular weight excluding hydrogens is 334 g/mol. The summed E-state index contributed by atoms with van der Waals surface area (Å²) >= 11 is 0. The van der Waals surface area contributed by atoms with Crippen LogP contribution in [0.15, 0.2) is 50.6 Å². The lowest BCUT2D eigenvalue weighted by molar-refractivity contribution is -0.906. The summed E-state index contributed by atoms with van der Waals surface area (Å²) in [6, 6.07) is 0. The van der Waals surface area contributed by atoms with Crippen LogP contribution in [-0.4, -0.2) is 49.4 Å². The molecule has 0 aliphatic heterocycles. The second kappa shape index (κ2) is 16.3. The van der Waals surface area contributed by atoms with E-state index in [4.69, 9.17) is 4.55 Å². The summed E-state index contributed by atoms with van der Waals surface area (Å²) in [6.45, 7) is 21.0. The maximum atomic E-state index is 10.3. The van der Waals surface area contributed by atoms with Gasteiger partial charge < -0.3 is 4.48 Å². The second-order valence-corrected chi connectivity index (χ2v) is 7.85. The fourth-order valence-corrected chi connectivity index (χ4v) is 3.18. The Morgan fingerprint density at radius 3 is 1.44 bits per heavy atom. The van der Waals surface area contributed by atoms with Crippen molar-refractivity contribution in [3.8, 4) is 0 Å². The molecule has 0 unspecified atom stereocenters. The fourth-order valence-electron chi connectivity index (χ4n) is 2.61. The van der Waals surface area contributed by atoms with Gasteiger partial charge in [-0.05, 0) is 30.7 Å². The number of rotatable bonds is 15. The zero-order valence-electron chi connectivity index (χ0n) is 16.0. The summed E-state index contributed by atoms with van der Waals surface area (Å²) in [5.74, 6) is -0.0842. The average molecular weight is 373 g/mol. The molecule has 0 amide bonds. The van der Waals surface area contributed by atoms with E-state index in [0.29, 0.717) is 6.42 Å². The Balaban J connectivity index is 0. The van der Waals surface area contributed by atoms with E-state index in [9.17, 15) is 8.42 Å². The van der Waals surface area contributed by atoms with E-state index in [2.05, 4.69) is 33.2 Å². The first-order chi connectivity index (χ1) is 11.8. The third-order valence-corrected chi connectivity index (χ3v) is 4.63. The summed E-state index contributed by atoms with van der Waals surface area (Å²) in [6.07, 6.45) is 13.9. The van der Waals surface area contributed by atoms with Crippen molar-refractivity contribution in [3.63, 3.8) is 0 Å². The van der Waals surface area contributed by atoms with E-state index < -0.39 is 10.1 Å². The van der Waals surface area contributed by atoms with Crippen molar-refractivity contribution in [1.82, 2.24) is 0 Å². The maximum Gasteiger partial charge on any atom is 0.264 e. The highest BCUT2D eigenvalue weighted by molar-refractivity contribution is 7.85. The minimum Gasteiger partial charge on any atom is -0.311 e. The van der Waals surface area contributed by atoms with Crippen molar-refractivity contribution < 1.29 is 17.5 Å². The molecule has 1 N–H and O–H groups in total. The van der Waals surface area contributed by atoms with Crippen molar-refractivity contribution in [2.24, 2.45) is 0 Å². The molecule has 0 rings (SSSR count). The molecule has 0 aliphatic carbocycles. The highest BCUT2D eigenvalue weighted by Crippen LogP contribution is 2.08. The normalized spacial score (nSPS) is 11.1. The number of unbranched alkanes of at least 4 members (excludes halogenated alkanes) is 5. The van der Waals surface area contributed by atoms with Crippen molar-refractivity contribution >= 4 is 10.1 Å². The molecule has 0 atom stereocenters. The Labute approximate surface area is 156 Å².